The summed E-state index contributed by atoms with van der Waals surface area (Å²) < 4.78 is 62.3. The molecule has 0 aromatic heterocycles. The molecule has 1 unspecified atom stereocenters. The summed E-state index contributed by atoms with van der Waals surface area (Å²) in [5.41, 5.74) is 0.495. The molecular weight excluding hydrogens is 344 g/mol. The van der Waals surface area contributed by atoms with Crippen LogP contribution in [0, 0.1) is 5.82 Å². The third kappa shape index (κ3) is 5.06. The molecule has 7 heteroatoms. The van der Waals surface area contributed by atoms with Crippen LogP contribution in [0.3, 0.4) is 0 Å². The fourth-order valence-corrected chi connectivity index (χ4v) is 3.35. The number of halogens is 4. The normalized spacial score (nSPS) is 12.8. The van der Waals surface area contributed by atoms with Gasteiger partial charge in [-0.2, -0.15) is 13.2 Å². The first-order valence-electron chi connectivity index (χ1n) is 7.03. The predicted octanol–water partition coefficient (Wildman–Crippen LogP) is 5.63. The molecule has 0 fully saturated rings. The van der Waals surface area contributed by atoms with Crippen molar-refractivity contribution in [3.8, 4) is 11.5 Å². The van der Waals surface area contributed by atoms with Crippen molar-refractivity contribution in [1.29, 1.82) is 0 Å². The summed E-state index contributed by atoms with van der Waals surface area (Å²) in [4.78, 5) is 0.401. The van der Waals surface area contributed by atoms with Gasteiger partial charge in [-0.25, -0.2) is 4.39 Å². The zero-order chi connectivity index (χ0) is 17.7. The Bertz CT molecular complexity index is 671. The van der Waals surface area contributed by atoms with Gasteiger partial charge in [0.1, 0.15) is 5.75 Å². The largest absolute Gasteiger partial charge is 0.497 e. The smallest absolute Gasteiger partial charge is 0.390 e. The summed E-state index contributed by atoms with van der Waals surface area (Å²) in [6.07, 6.45) is -5.35. The Labute approximate surface area is 141 Å². The quantitative estimate of drug-likeness (QED) is 0.491. The molecule has 0 bridgehead atoms. The maximum absolute atomic E-state index is 13.8. The Balaban J connectivity index is 2.26. The van der Waals surface area contributed by atoms with Crippen LogP contribution in [0.5, 0.6) is 11.5 Å². The van der Waals surface area contributed by atoms with E-state index in [1.54, 1.807) is 30.3 Å². The van der Waals surface area contributed by atoms with Crippen molar-refractivity contribution >= 4 is 11.8 Å². The standard InChI is InChI=1S/C17H16F4O2S/c1-22-12-5-3-11(4-6-12)16(10-17(19,20)21)24-13-7-8-15(23-2)14(18)9-13/h3-9,16H,10H2,1-2H3. The molecule has 0 aliphatic carbocycles. The fourth-order valence-electron chi connectivity index (χ4n) is 2.14. The number of methoxy groups -OCH3 is 2. The first kappa shape index (κ1) is 18.4. The summed E-state index contributed by atoms with van der Waals surface area (Å²) >= 11 is 0.959. The van der Waals surface area contributed by atoms with Crippen LogP contribution < -0.4 is 9.47 Å². The molecule has 2 aromatic rings. The van der Waals surface area contributed by atoms with Crippen LogP contribution >= 0.6 is 11.8 Å². The molecule has 0 saturated carbocycles. The third-order valence-corrected chi connectivity index (χ3v) is 4.56. The minimum Gasteiger partial charge on any atom is -0.497 e. The van der Waals surface area contributed by atoms with Crippen molar-refractivity contribution in [3.05, 3.63) is 53.8 Å². The highest BCUT2D eigenvalue weighted by Gasteiger charge is 2.33. The van der Waals surface area contributed by atoms with Gasteiger partial charge in [0.15, 0.2) is 11.6 Å². The Morgan fingerprint density at radius 1 is 1.00 bits per heavy atom. The van der Waals surface area contributed by atoms with E-state index in [2.05, 4.69) is 0 Å². The number of benzene rings is 2. The van der Waals surface area contributed by atoms with Crippen LogP contribution in [-0.2, 0) is 0 Å². The summed E-state index contributed by atoms with van der Waals surface area (Å²) in [5, 5.41) is -0.885. The summed E-state index contributed by atoms with van der Waals surface area (Å²) in [5.74, 6) is 0.00385. The van der Waals surface area contributed by atoms with Gasteiger partial charge in [0.2, 0.25) is 0 Å². The lowest BCUT2D eigenvalue weighted by atomic mass is 10.1. The number of rotatable bonds is 6. The Morgan fingerprint density at radius 2 is 1.67 bits per heavy atom. The second-order valence-corrected chi connectivity index (χ2v) is 6.27. The summed E-state index contributed by atoms with van der Waals surface area (Å²) in [7, 11) is 2.81. The SMILES string of the molecule is COc1ccc(C(CC(F)(F)F)Sc2ccc(OC)c(F)c2)cc1. The molecule has 0 aliphatic heterocycles. The van der Waals surface area contributed by atoms with Crippen LogP contribution in [0.25, 0.3) is 0 Å². The van der Waals surface area contributed by atoms with Crippen LogP contribution in [0.4, 0.5) is 17.6 Å². The van der Waals surface area contributed by atoms with E-state index in [1.165, 1.54) is 26.4 Å². The number of hydrogen-bond acceptors (Lipinski definition) is 3. The molecule has 0 aliphatic rings. The molecule has 1 atom stereocenters. The number of hydrogen-bond donors (Lipinski definition) is 0. The van der Waals surface area contributed by atoms with E-state index in [9.17, 15) is 17.6 Å². The monoisotopic (exact) mass is 360 g/mol. The van der Waals surface area contributed by atoms with Gasteiger partial charge < -0.3 is 9.47 Å². The Morgan fingerprint density at radius 3 is 2.17 bits per heavy atom. The van der Waals surface area contributed by atoms with Crippen molar-refractivity contribution in [1.82, 2.24) is 0 Å². The molecular formula is C17H16F4O2S. The molecule has 130 valence electrons. The molecule has 0 radical (unpaired) electrons. The van der Waals surface area contributed by atoms with Crippen molar-refractivity contribution < 1.29 is 27.0 Å². The Kier molecular flexibility index (Phi) is 5.99. The van der Waals surface area contributed by atoms with Gasteiger partial charge >= 0.3 is 6.18 Å². The molecule has 24 heavy (non-hydrogen) atoms. The average molecular weight is 360 g/mol. The highest BCUT2D eigenvalue weighted by molar-refractivity contribution is 7.99. The molecule has 2 rings (SSSR count). The van der Waals surface area contributed by atoms with E-state index in [-0.39, 0.29) is 5.75 Å². The van der Waals surface area contributed by atoms with Crippen LogP contribution in [0.1, 0.15) is 17.2 Å². The highest BCUT2D eigenvalue weighted by atomic mass is 32.2. The highest BCUT2D eigenvalue weighted by Crippen LogP contribution is 2.43. The van der Waals surface area contributed by atoms with Gasteiger partial charge in [0.05, 0.1) is 20.6 Å². The lowest BCUT2D eigenvalue weighted by molar-refractivity contribution is -0.134. The van der Waals surface area contributed by atoms with Crippen LogP contribution in [-0.4, -0.2) is 20.4 Å². The summed E-state index contributed by atoms with van der Waals surface area (Å²) in [6.45, 7) is 0. The lowest BCUT2D eigenvalue weighted by Gasteiger charge is -2.19. The van der Waals surface area contributed by atoms with E-state index in [0.29, 0.717) is 16.2 Å². The number of alkyl halides is 3. The van der Waals surface area contributed by atoms with E-state index in [1.807, 2.05) is 0 Å². The van der Waals surface area contributed by atoms with Crippen LogP contribution in [0.2, 0.25) is 0 Å². The number of thioether (sulfide) groups is 1. The molecule has 0 heterocycles. The maximum Gasteiger partial charge on any atom is 0.390 e. The minimum absolute atomic E-state index is 0.0520. The molecule has 2 aromatic carbocycles. The van der Waals surface area contributed by atoms with E-state index in [4.69, 9.17) is 9.47 Å². The second-order valence-electron chi connectivity index (χ2n) is 5.00. The zero-order valence-corrected chi connectivity index (χ0v) is 13.9. The summed E-state index contributed by atoms with van der Waals surface area (Å²) in [6, 6.07) is 10.5. The average Bonchev–Trinajstić information content (AvgIpc) is 2.53. The first-order chi connectivity index (χ1) is 11.3. The van der Waals surface area contributed by atoms with Gasteiger partial charge in [-0.3, -0.25) is 0 Å². The predicted molar refractivity (Wildman–Crippen MR) is 85.2 cm³/mol. The zero-order valence-electron chi connectivity index (χ0n) is 13.1. The molecule has 0 N–H and O–H groups in total. The van der Waals surface area contributed by atoms with Gasteiger partial charge in [-0.15, -0.1) is 11.8 Å². The van der Waals surface area contributed by atoms with Crippen LogP contribution in [0.15, 0.2) is 47.4 Å². The van der Waals surface area contributed by atoms with Crippen molar-refractivity contribution in [2.24, 2.45) is 0 Å². The number of ether oxygens (including phenoxy) is 2. The van der Waals surface area contributed by atoms with E-state index >= 15 is 0 Å². The van der Waals surface area contributed by atoms with Gasteiger partial charge in [0, 0.05) is 10.1 Å². The van der Waals surface area contributed by atoms with Gasteiger partial charge in [0.25, 0.3) is 0 Å². The maximum atomic E-state index is 13.8. The molecule has 0 spiro atoms. The van der Waals surface area contributed by atoms with Crippen molar-refractivity contribution in [2.45, 2.75) is 22.7 Å². The Hall–Kier alpha value is -1.89. The van der Waals surface area contributed by atoms with Crippen molar-refractivity contribution in [2.75, 3.05) is 14.2 Å². The van der Waals surface area contributed by atoms with Crippen molar-refractivity contribution in [3.63, 3.8) is 0 Å². The minimum atomic E-state index is -4.33. The van der Waals surface area contributed by atoms with Gasteiger partial charge in [-0.05, 0) is 35.9 Å². The topological polar surface area (TPSA) is 18.5 Å². The fraction of sp³-hybridized carbons (Fsp3) is 0.294. The molecule has 0 saturated heterocycles. The molecule has 0 amide bonds. The second kappa shape index (κ2) is 7.79. The third-order valence-electron chi connectivity index (χ3n) is 3.31. The van der Waals surface area contributed by atoms with E-state index in [0.717, 1.165) is 11.8 Å². The molecule has 2 nitrogen and oxygen atoms in total. The van der Waals surface area contributed by atoms with Gasteiger partial charge in [-0.1, -0.05) is 12.1 Å². The van der Waals surface area contributed by atoms with E-state index < -0.39 is 23.7 Å². The lowest BCUT2D eigenvalue weighted by Crippen LogP contribution is -2.12. The first-order valence-corrected chi connectivity index (χ1v) is 7.91.